The van der Waals surface area contributed by atoms with Crippen LogP contribution in [0.5, 0.6) is 5.75 Å². The number of hydrogen-bond donors (Lipinski definition) is 2. The zero-order valence-electron chi connectivity index (χ0n) is 11.1. The molecule has 0 aromatic heterocycles. The molecule has 5 nitrogen and oxygen atoms in total. The molecule has 2 N–H and O–H groups in total. The maximum absolute atomic E-state index is 13.0. The summed E-state index contributed by atoms with van der Waals surface area (Å²) in [5.41, 5.74) is -0.811. The van der Waals surface area contributed by atoms with Gasteiger partial charge in [-0.25, -0.2) is 4.39 Å². The minimum absolute atomic E-state index is 0.0953. The van der Waals surface area contributed by atoms with Gasteiger partial charge in [-0.05, 0) is 31.9 Å². The normalized spacial score (nSPS) is 17.1. The quantitative estimate of drug-likeness (QED) is 0.830. The summed E-state index contributed by atoms with van der Waals surface area (Å²) >= 11 is 0. The summed E-state index contributed by atoms with van der Waals surface area (Å²) in [5.74, 6) is -1.50. The molecule has 1 fully saturated rings. The number of carbonyl (C=O) groups is 2. The van der Waals surface area contributed by atoms with Gasteiger partial charge < -0.3 is 15.2 Å². The first-order valence-corrected chi connectivity index (χ1v) is 6.36. The highest BCUT2D eigenvalue weighted by Gasteiger charge is 2.50. The van der Waals surface area contributed by atoms with E-state index in [0.29, 0.717) is 12.8 Å². The number of carboxylic acid groups (broad SMARTS) is 1. The summed E-state index contributed by atoms with van der Waals surface area (Å²) in [6.07, 6.45) is 0.324. The summed E-state index contributed by atoms with van der Waals surface area (Å²) in [6.45, 7) is 1.62. The van der Waals surface area contributed by atoms with Crippen LogP contribution in [0.3, 0.4) is 0 Å². The highest BCUT2D eigenvalue weighted by molar-refractivity contribution is 5.83. The Bertz CT molecular complexity index is 528. The third kappa shape index (κ3) is 3.26. The Labute approximate surface area is 115 Å². The van der Waals surface area contributed by atoms with Crippen molar-refractivity contribution >= 4 is 11.9 Å². The van der Waals surface area contributed by atoms with Crippen LogP contribution >= 0.6 is 0 Å². The van der Waals surface area contributed by atoms with Gasteiger partial charge in [0.2, 0.25) is 0 Å². The van der Waals surface area contributed by atoms with Crippen LogP contribution in [0, 0.1) is 11.2 Å². The summed E-state index contributed by atoms with van der Waals surface area (Å²) < 4.78 is 18.3. The molecule has 108 valence electrons. The van der Waals surface area contributed by atoms with E-state index < -0.39 is 29.2 Å². The first-order valence-electron chi connectivity index (χ1n) is 6.36. The number of ether oxygens (including phenoxy) is 1. The van der Waals surface area contributed by atoms with E-state index in [-0.39, 0.29) is 12.3 Å². The number of carbonyl (C=O) groups excluding carboxylic acids is 1. The summed E-state index contributed by atoms with van der Waals surface area (Å²) in [6, 6.07) is 5.50. The Morgan fingerprint density at radius 1 is 1.50 bits per heavy atom. The molecule has 0 bridgehead atoms. The standard InChI is InChI=1S/C14H16FNO4/c1-9(20-11-4-2-3-10(15)7-11)12(17)16-8-14(5-6-14)13(18)19/h2-4,7,9H,5-6,8H2,1H3,(H,16,17)(H,18,19). The van der Waals surface area contributed by atoms with Crippen molar-refractivity contribution < 1.29 is 23.8 Å². The Hall–Kier alpha value is -2.11. The Morgan fingerprint density at radius 2 is 2.20 bits per heavy atom. The van der Waals surface area contributed by atoms with Crippen LogP contribution in [0.25, 0.3) is 0 Å². The maximum atomic E-state index is 13.0. The molecule has 1 aliphatic carbocycles. The lowest BCUT2D eigenvalue weighted by molar-refractivity contribution is -0.143. The summed E-state index contributed by atoms with van der Waals surface area (Å²) in [5, 5.41) is 11.6. The van der Waals surface area contributed by atoms with Gasteiger partial charge in [0, 0.05) is 12.6 Å². The molecule has 0 aliphatic heterocycles. The monoisotopic (exact) mass is 281 g/mol. The van der Waals surface area contributed by atoms with Crippen molar-refractivity contribution in [3.63, 3.8) is 0 Å². The van der Waals surface area contributed by atoms with E-state index in [9.17, 15) is 14.0 Å². The summed E-state index contributed by atoms with van der Waals surface area (Å²) in [4.78, 5) is 22.8. The highest BCUT2D eigenvalue weighted by atomic mass is 19.1. The first kappa shape index (κ1) is 14.3. The molecule has 1 atom stereocenters. The third-order valence-electron chi connectivity index (χ3n) is 3.39. The minimum Gasteiger partial charge on any atom is -0.481 e. The molecule has 1 aliphatic rings. The van der Waals surface area contributed by atoms with Crippen LogP contribution in [-0.2, 0) is 9.59 Å². The molecule has 0 heterocycles. The number of hydrogen-bond acceptors (Lipinski definition) is 3. The largest absolute Gasteiger partial charge is 0.481 e. The Morgan fingerprint density at radius 3 is 2.75 bits per heavy atom. The van der Waals surface area contributed by atoms with E-state index in [1.54, 1.807) is 6.07 Å². The van der Waals surface area contributed by atoms with Gasteiger partial charge in [0.25, 0.3) is 5.91 Å². The van der Waals surface area contributed by atoms with Crippen molar-refractivity contribution in [2.75, 3.05) is 6.54 Å². The number of amides is 1. The van der Waals surface area contributed by atoms with Gasteiger partial charge in [0.15, 0.2) is 6.10 Å². The van der Waals surface area contributed by atoms with Gasteiger partial charge in [-0.2, -0.15) is 0 Å². The van der Waals surface area contributed by atoms with Crippen molar-refractivity contribution in [3.05, 3.63) is 30.1 Å². The average Bonchev–Trinajstić information content (AvgIpc) is 3.17. The second-order valence-corrected chi connectivity index (χ2v) is 5.02. The van der Waals surface area contributed by atoms with Crippen LogP contribution in [-0.4, -0.2) is 29.6 Å². The SMILES string of the molecule is CC(Oc1cccc(F)c1)C(=O)NCC1(C(=O)O)CC1. The lowest BCUT2D eigenvalue weighted by Gasteiger charge is -2.16. The van der Waals surface area contributed by atoms with Gasteiger partial charge in [0.05, 0.1) is 5.41 Å². The average molecular weight is 281 g/mol. The number of aliphatic carboxylic acids is 1. The molecule has 1 aromatic rings. The maximum Gasteiger partial charge on any atom is 0.311 e. The molecular weight excluding hydrogens is 265 g/mol. The van der Waals surface area contributed by atoms with E-state index in [1.807, 2.05) is 0 Å². The second-order valence-electron chi connectivity index (χ2n) is 5.02. The molecule has 1 amide bonds. The van der Waals surface area contributed by atoms with Crippen molar-refractivity contribution in [2.45, 2.75) is 25.9 Å². The molecule has 0 radical (unpaired) electrons. The molecule has 1 aromatic carbocycles. The third-order valence-corrected chi connectivity index (χ3v) is 3.39. The summed E-state index contributed by atoms with van der Waals surface area (Å²) in [7, 11) is 0. The van der Waals surface area contributed by atoms with E-state index in [1.165, 1.54) is 25.1 Å². The van der Waals surface area contributed by atoms with Crippen LogP contribution in [0.15, 0.2) is 24.3 Å². The zero-order valence-corrected chi connectivity index (χ0v) is 11.1. The van der Waals surface area contributed by atoms with Crippen LogP contribution < -0.4 is 10.1 Å². The molecule has 0 saturated heterocycles. The van der Waals surface area contributed by atoms with Gasteiger partial charge in [-0.15, -0.1) is 0 Å². The fraction of sp³-hybridized carbons (Fsp3) is 0.429. The van der Waals surface area contributed by atoms with Crippen LogP contribution in [0.2, 0.25) is 0 Å². The molecule has 1 saturated carbocycles. The molecule has 0 spiro atoms. The first-order chi connectivity index (χ1) is 9.43. The van der Waals surface area contributed by atoms with E-state index >= 15 is 0 Å². The van der Waals surface area contributed by atoms with E-state index in [0.717, 1.165) is 0 Å². The van der Waals surface area contributed by atoms with Crippen molar-refractivity contribution in [2.24, 2.45) is 5.41 Å². The van der Waals surface area contributed by atoms with Crippen molar-refractivity contribution in [1.29, 1.82) is 0 Å². The van der Waals surface area contributed by atoms with E-state index in [4.69, 9.17) is 9.84 Å². The number of halogens is 1. The molecule has 6 heteroatoms. The molecule has 2 rings (SSSR count). The lowest BCUT2D eigenvalue weighted by Crippen LogP contribution is -2.41. The minimum atomic E-state index is -0.892. The van der Waals surface area contributed by atoms with Gasteiger partial charge in [-0.3, -0.25) is 9.59 Å². The second kappa shape index (κ2) is 5.48. The van der Waals surface area contributed by atoms with E-state index in [2.05, 4.69) is 5.32 Å². The van der Waals surface area contributed by atoms with Crippen LogP contribution in [0.4, 0.5) is 4.39 Å². The number of benzene rings is 1. The number of nitrogens with one attached hydrogen (secondary N) is 1. The number of carboxylic acids is 1. The van der Waals surface area contributed by atoms with Crippen molar-refractivity contribution in [1.82, 2.24) is 5.32 Å². The predicted octanol–water partition coefficient (Wildman–Crippen LogP) is 1.57. The van der Waals surface area contributed by atoms with Crippen LogP contribution in [0.1, 0.15) is 19.8 Å². The molecule has 20 heavy (non-hydrogen) atoms. The molecular formula is C14H16FNO4. The Balaban J connectivity index is 1.85. The lowest BCUT2D eigenvalue weighted by atomic mass is 10.1. The Kier molecular flexibility index (Phi) is 3.92. The topological polar surface area (TPSA) is 75.6 Å². The fourth-order valence-electron chi connectivity index (χ4n) is 1.82. The number of rotatable bonds is 6. The molecule has 1 unspecified atom stereocenters. The predicted molar refractivity (Wildman–Crippen MR) is 68.8 cm³/mol. The van der Waals surface area contributed by atoms with Gasteiger partial charge >= 0.3 is 5.97 Å². The van der Waals surface area contributed by atoms with Gasteiger partial charge in [-0.1, -0.05) is 6.07 Å². The highest BCUT2D eigenvalue weighted by Crippen LogP contribution is 2.45. The van der Waals surface area contributed by atoms with Crippen molar-refractivity contribution in [3.8, 4) is 5.75 Å². The zero-order chi connectivity index (χ0) is 14.8. The van der Waals surface area contributed by atoms with Gasteiger partial charge in [0.1, 0.15) is 11.6 Å². The smallest absolute Gasteiger partial charge is 0.311 e. The fourth-order valence-corrected chi connectivity index (χ4v) is 1.82.